The molecule has 1 aliphatic heterocycles. The second-order valence-corrected chi connectivity index (χ2v) is 5.70. The number of hydrogen-bond acceptors (Lipinski definition) is 3. The Kier molecular flexibility index (Phi) is 2.88. The second kappa shape index (κ2) is 4.56. The minimum Gasteiger partial charge on any atom is -0.301 e. The van der Waals surface area contributed by atoms with Crippen LogP contribution in [-0.4, -0.2) is 6.29 Å². The fraction of sp³-hybridized carbons (Fsp3) is 0.125. The van der Waals surface area contributed by atoms with Gasteiger partial charge in [0.15, 0.2) is 0 Å². The summed E-state index contributed by atoms with van der Waals surface area (Å²) < 4.78 is 0. The summed E-state index contributed by atoms with van der Waals surface area (Å²) in [5, 5.41) is 9.22. The van der Waals surface area contributed by atoms with E-state index in [1.54, 1.807) is 17.8 Å². The van der Waals surface area contributed by atoms with Gasteiger partial charge in [-0.05, 0) is 29.7 Å². The third kappa shape index (κ3) is 2.05. The van der Waals surface area contributed by atoms with Crippen LogP contribution in [0.4, 0.5) is 0 Å². The van der Waals surface area contributed by atoms with Crippen LogP contribution in [0.2, 0.25) is 0 Å². The molecule has 1 aromatic carbocycles. The smallest absolute Gasteiger partial charge is 0.144 e. The lowest BCUT2D eigenvalue weighted by Crippen LogP contribution is -2.19. The van der Waals surface area contributed by atoms with Crippen molar-refractivity contribution >= 4 is 24.1 Å². The summed E-state index contributed by atoms with van der Waals surface area (Å²) in [5.74, 6) is 0. The Bertz CT molecular complexity index is 678. The van der Waals surface area contributed by atoms with Crippen molar-refractivity contribution in [3.63, 3.8) is 0 Å². The molecule has 0 radical (unpaired) electrons. The quantitative estimate of drug-likeness (QED) is 0.726. The number of hydrogen-bond donors (Lipinski definition) is 0. The predicted molar refractivity (Wildman–Crippen MR) is 76.2 cm³/mol. The van der Waals surface area contributed by atoms with Gasteiger partial charge in [-0.3, -0.25) is 0 Å². The highest BCUT2D eigenvalue weighted by Crippen LogP contribution is 2.43. The molecule has 1 aromatic rings. The van der Waals surface area contributed by atoms with Gasteiger partial charge in [0.05, 0.1) is 6.07 Å². The van der Waals surface area contributed by atoms with Crippen molar-refractivity contribution in [2.24, 2.45) is 5.41 Å². The van der Waals surface area contributed by atoms with Crippen LogP contribution in [0.1, 0.15) is 12.0 Å². The maximum Gasteiger partial charge on any atom is 0.144 e. The largest absolute Gasteiger partial charge is 0.301 e. The van der Waals surface area contributed by atoms with E-state index in [1.165, 1.54) is 0 Å². The number of carbonyl (C=O) groups is 1. The van der Waals surface area contributed by atoms with Gasteiger partial charge in [0, 0.05) is 9.80 Å². The van der Waals surface area contributed by atoms with Gasteiger partial charge in [0.1, 0.15) is 11.7 Å². The number of aldehydes is 1. The molecule has 0 amide bonds. The first-order chi connectivity index (χ1) is 9.26. The Morgan fingerprint density at radius 1 is 1.32 bits per heavy atom. The first kappa shape index (κ1) is 12.0. The number of carbonyl (C=O) groups excluding carboxylic acids is 1. The van der Waals surface area contributed by atoms with E-state index in [0.29, 0.717) is 6.42 Å². The third-order valence-corrected chi connectivity index (χ3v) is 4.50. The lowest BCUT2D eigenvalue weighted by molar-refractivity contribution is -0.112. The van der Waals surface area contributed by atoms with Crippen LogP contribution >= 0.6 is 11.8 Å². The average Bonchev–Trinajstić information content (AvgIpc) is 2.65. The summed E-state index contributed by atoms with van der Waals surface area (Å²) in [6.45, 7) is 0. The Morgan fingerprint density at radius 3 is 2.95 bits per heavy atom. The van der Waals surface area contributed by atoms with E-state index in [1.807, 2.05) is 18.2 Å². The summed E-state index contributed by atoms with van der Waals surface area (Å²) in [4.78, 5) is 13.3. The molecule has 0 bridgehead atoms. The van der Waals surface area contributed by atoms with Gasteiger partial charge in [0.25, 0.3) is 0 Å². The maximum atomic E-state index is 11.2. The number of benzene rings is 1. The number of nitriles is 1. The van der Waals surface area contributed by atoms with Crippen LogP contribution in [-0.2, 0) is 4.79 Å². The van der Waals surface area contributed by atoms with E-state index in [2.05, 4.69) is 30.4 Å². The SMILES string of the molecule is N#CC1(C=O)C=C2Sc3ccccc3C=CC2=CC1. The van der Waals surface area contributed by atoms with Crippen molar-refractivity contribution in [2.45, 2.75) is 11.3 Å². The van der Waals surface area contributed by atoms with E-state index in [9.17, 15) is 10.1 Å². The molecule has 2 nitrogen and oxygen atoms in total. The van der Waals surface area contributed by atoms with Gasteiger partial charge in [-0.1, -0.05) is 48.2 Å². The highest BCUT2D eigenvalue weighted by Gasteiger charge is 2.31. The topological polar surface area (TPSA) is 40.9 Å². The summed E-state index contributed by atoms with van der Waals surface area (Å²) >= 11 is 1.62. The lowest BCUT2D eigenvalue weighted by Gasteiger charge is -2.21. The van der Waals surface area contributed by atoms with E-state index in [4.69, 9.17) is 0 Å². The van der Waals surface area contributed by atoms with Crippen LogP contribution < -0.4 is 0 Å². The van der Waals surface area contributed by atoms with Crippen molar-refractivity contribution < 1.29 is 4.79 Å². The minimum atomic E-state index is -1.00. The van der Waals surface area contributed by atoms with Crippen LogP contribution in [0.3, 0.4) is 0 Å². The molecule has 1 unspecified atom stereocenters. The number of nitrogens with zero attached hydrogens (tertiary/aromatic N) is 1. The van der Waals surface area contributed by atoms with Crippen LogP contribution in [0.5, 0.6) is 0 Å². The first-order valence-electron chi connectivity index (χ1n) is 6.02. The lowest BCUT2D eigenvalue weighted by atomic mass is 9.82. The van der Waals surface area contributed by atoms with Gasteiger partial charge >= 0.3 is 0 Å². The van der Waals surface area contributed by atoms with Crippen molar-refractivity contribution in [3.05, 3.63) is 58.5 Å². The number of allylic oxidation sites excluding steroid dienone is 4. The Hall–Kier alpha value is -2.05. The molecule has 0 saturated heterocycles. The molecule has 2 aliphatic rings. The normalized spacial score (nSPS) is 24.2. The summed E-state index contributed by atoms with van der Waals surface area (Å²) in [6.07, 6.45) is 9.10. The molecule has 92 valence electrons. The molecule has 0 N–H and O–H groups in total. The second-order valence-electron chi connectivity index (χ2n) is 4.62. The number of thioether (sulfide) groups is 1. The van der Waals surface area contributed by atoms with Gasteiger partial charge in [0.2, 0.25) is 0 Å². The highest BCUT2D eigenvalue weighted by molar-refractivity contribution is 8.03. The summed E-state index contributed by atoms with van der Waals surface area (Å²) in [6, 6.07) is 10.2. The Balaban J connectivity index is 2.09. The highest BCUT2D eigenvalue weighted by atomic mass is 32.2. The van der Waals surface area contributed by atoms with Gasteiger partial charge in [-0.2, -0.15) is 5.26 Å². The molecule has 0 spiro atoms. The van der Waals surface area contributed by atoms with Crippen LogP contribution in [0, 0.1) is 16.7 Å². The number of rotatable bonds is 1. The van der Waals surface area contributed by atoms with Gasteiger partial charge in [-0.15, -0.1) is 0 Å². The van der Waals surface area contributed by atoms with E-state index in [0.717, 1.165) is 27.2 Å². The van der Waals surface area contributed by atoms with E-state index >= 15 is 0 Å². The molecule has 0 fully saturated rings. The van der Waals surface area contributed by atoms with Crippen molar-refractivity contribution in [1.29, 1.82) is 5.26 Å². The maximum absolute atomic E-state index is 11.2. The fourth-order valence-electron chi connectivity index (χ4n) is 2.19. The van der Waals surface area contributed by atoms with Crippen molar-refractivity contribution in [2.75, 3.05) is 0 Å². The Morgan fingerprint density at radius 2 is 2.16 bits per heavy atom. The molecular formula is C16H11NOS. The fourth-order valence-corrected chi connectivity index (χ4v) is 3.37. The standard InChI is InChI=1S/C16H11NOS/c17-10-16(11-18)8-7-13-6-5-12-3-1-2-4-14(12)19-15(13)9-16/h1-7,9,11H,8H2. The van der Waals surface area contributed by atoms with Gasteiger partial charge in [-0.25, -0.2) is 0 Å². The molecule has 19 heavy (non-hydrogen) atoms. The van der Waals surface area contributed by atoms with Crippen molar-refractivity contribution in [1.82, 2.24) is 0 Å². The summed E-state index contributed by atoms with van der Waals surface area (Å²) in [5.41, 5.74) is 1.25. The van der Waals surface area contributed by atoms with Crippen LogP contribution in [0.15, 0.2) is 57.9 Å². The predicted octanol–water partition coefficient (Wildman–Crippen LogP) is 3.73. The molecule has 1 aliphatic carbocycles. The average molecular weight is 265 g/mol. The minimum absolute atomic E-state index is 0.451. The molecule has 3 heteroatoms. The molecule has 3 rings (SSSR count). The molecule has 0 aromatic heterocycles. The van der Waals surface area contributed by atoms with E-state index in [-0.39, 0.29) is 0 Å². The molecule has 1 heterocycles. The molecular weight excluding hydrogens is 254 g/mol. The third-order valence-electron chi connectivity index (χ3n) is 3.33. The first-order valence-corrected chi connectivity index (χ1v) is 6.84. The molecule has 0 saturated carbocycles. The number of fused-ring (bicyclic) bond motifs is 2. The summed E-state index contributed by atoms with van der Waals surface area (Å²) in [7, 11) is 0. The zero-order valence-corrected chi connectivity index (χ0v) is 11.0. The van der Waals surface area contributed by atoms with Gasteiger partial charge < -0.3 is 4.79 Å². The monoisotopic (exact) mass is 265 g/mol. The van der Waals surface area contributed by atoms with E-state index < -0.39 is 5.41 Å². The molecule has 1 atom stereocenters. The zero-order chi connectivity index (χ0) is 13.3. The van der Waals surface area contributed by atoms with Crippen LogP contribution in [0.25, 0.3) is 6.08 Å². The Labute approximate surface area is 116 Å². The van der Waals surface area contributed by atoms with Crippen molar-refractivity contribution in [3.8, 4) is 6.07 Å². The zero-order valence-electron chi connectivity index (χ0n) is 10.2.